The molecule has 1 amide bonds. The van der Waals surface area contributed by atoms with E-state index in [1.807, 2.05) is 42.2 Å². The van der Waals surface area contributed by atoms with Gasteiger partial charge in [0.25, 0.3) is 0 Å². The van der Waals surface area contributed by atoms with Crippen molar-refractivity contribution in [2.24, 2.45) is 10.9 Å². The van der Waals surface area contributed by atoms with Crippen molar-refractivity contribution >= 4 is 35.8 Å². The number of carbonyl (C=O) groups excluding carboxylic acids is 1. The van der Waals surface area contributed by atoms with E-state index in [4.69, 9.17) is 4.42 Å². The maximum atomic E-state index is 12.7. The van der Waals surface area contributed by atoms with Gasteiger partial charge in [-0.1, -0.05) is 31.0 Å². The van der Waals surface area contributed by atoms with E-state index in [9.17, 15) is 4.79 Å². The quantitative estimate of drug-likeness (QED) is 0.333. The molecule has 8 heteroatoms. The van der Waals surface area contributed by atoms with Crippen molar-refractivity contribution in [3.8, 4) is 11.5 Å². The summed E-state index contributed by atoms with van der Waals surface area (Å²) >= 11 is 0. The lowest BCUT2D eigenvalue weighted by atomic mass is 10.1. The topological polar surface area (TPSA) is 82.8 Å². The third kappa shape index (κ3) is 6.21. The first-order valence-corrected chi connectivity index (χ1v) is 11.1. The van der Waals surface area contributed by atoms with Crippen molar-refractivity contribution in [3.63, 3.8) is 0 Å². The van der Waals surface area contributed by atoms with Crippen molar-refractivity contribution in [1.82, 2.24) is 20.5 Å². The molecule has 168 valence electrons. The molecule has 1 atom stereocenters. The van der Waals surface area contributed by atoms with Crippen LogP contribution in [0.2, 0.25) is 0 Å². The van der Waals surface area contributed by atoms with Gasteiger partial charge in [0, 0.05) is 37.2 Å². The molecule has 31 heavy (non-hydrogen) atoms. The van der Waals surface area contributed by atoms with Gasteiger partial charge in [0.2, 0.25) is 11.8 Å². The number of oxazole rings is 1. The summed E-state index contributed by atoms with van der Waals surface area (Å²) < 4.78 is 5.60. The summed E-state index contributed by atoms with van der Waals surface area (Å²) in [6, 6.07) is 10.1. The fraction of sp³-hybridized carbons (Fsp3) is 0.522. The maximum Gasteiger partial charge on any atom is 0.226 e. The van der Waals surface area contributed by atoms with Crippen LogP contribution in [0, 0.1) is 5.92 Å². The SMILES string of the molecule is CCNC(=NCc1coc(-c2ccccc2)n1)NC1CCN(C(=O)C2CCCC2)C1.I. The zero-order valence-corrected chi connectivity index (χ0v) is 20.4. The van der Waals surface area contributed by atoms with E-state index < -0.39 is 0 Å². The molecule has 1 aromatic carbocycles. The average molecular weight is 537 g/mol. The summed E-state index contributed by atoms with van der Waals surface area (Å²) in [7, 11) is 0. The third-order valence-electron chi connectivity index (χ3n) is 5.86. The highest BCUT2D eigenvalue weighted by Crippen LogP contribution is 2.27. The van der Waals surface area contributed by atoms with Crippen LogP contribution in [-0.4, -0.2) is 47.4 Å². The lowest BCUT2D eigenvalue weighted by Gasteiger charge is -2.21. The highest BCUT2D eigenvalue weighted by atomic mass is 127. The highest BCUT2D eigenvalue weighted by molar-refractivity contribution is 14.0. The smallest absolute Gasteiger partial charge is 0.226 e. The van der Waals surface area contributed by atoms with Crippen molar-refractivity contribution in [3.05, 3.63) is 42.3 Å². The molecule has 0 bridgehead atoms. The zero-order valence-electron chi connectivity index (χ0n) is 18.0. The number of nitrogens with one attached hydrogen (secondary N) is 2. The molecular weight excluding hydrogens is 505 g/mol. The van der Waals surface area contributed by atoms with E-state index in [0.717, 1.165) is 56.1 Å². The summed E-state index contributed by atoms with van der Waals surface area (Å²) in [4.78, 5) is 23.9. The summed E-state index contributed by atoms with van der Waals surface area (Å²) in [6.07, 6.45) is 7.10. The Hall–Kier alpha value is -2.10. The Bertz CT molecular complexity index is 864. The van der Waals surface area contributed by atoms with Gasteiger partial charge in [0.15, 0.2) is 5.96 Å². The van der Waals surface area contributed by atoms with Crippen LogP contribution < -0.4 is 10.6 Å². The van der Waals surface area contributed by atoms with E-state index in [0.29, 0.717) is 18.3 Å². The zero-order chi connectivity index (χ0) is 20.8. The second-order valence-electron chi connectivity index (χ2n) is 8.10. The minimum absolute atomic E-state index is 0. The first-order chi connectivity index (χ1) is 14.7. The Morgan fingerprint density at radius 3 is 2.74 bits per heavy atom. The van der Waals surface area contributed by atoms with Gasteiger partial charge in [0.1, 0.15) is 12.0 Å². The molecule has 1 aliphatic heterocycles. The van der Waals surface area contributed by atoms with Gasteiger partial charge in [-0.2, -0.15) is 0 Å². The number of rotatable bonds is 6. The lowest BCUT2D eigenvalue weighted by Crippen LogP contribution is -2.45. The van der Waals surface area contributed by atoms with Crippen LogP contribution in [-0.2, 0) is 11.3 Å². The number of benzene rings is 1. The minimum atomic E-state index is 0. The first kappa shape index (κ1) is 23.6. The molecule has 2 heterocycles. The third-order valence-corrected chi connectivity index (χ3v) is 5.86. The van der Waals surface area contributed by atoms with Crippen LogP contribution >= 0.6 is 24.0 Å². The van der Waals surface area contributed by atoms with Crippen LogP contribution in [0.1, 0.15) is 44.7 Å². The molecule has 7 nitrogen and oxygen atoms in total. The number of hydrogen-bond donors (Lipinski definition) is 2. The van der Waals surface area contributed by atoms with Crippen molar-refractivity contribution in [1.29, 1.82) is 0 Å². The molecule has 2 aromatic rings. The Morgan fingerprint density at radius 1 is 1.23 bits per heavy atom. The van der Waals surface area contributed by atoms with E-state index >= 15 is 0 Å². The summed E-state index contributed by atoms with van der Waals surface area (Å²) in [5.74, 6) is 1.95. The molecule has 1 saturated heterocycles. The molecule has 1 aromatic heterocycles. The normalized spacial score (nSPS) is 19.3. The molecule has 1 aliphatic carbocycles. The number of likely N-dealkylation sites (tertiary alicyclic amines) is 1. The number of carbonyl (C=O) groups is 1. The second-order valence-corrected chi connectivity index (χ2v) is 8.10. The van der Waals surface area contributed by atoms with Gasteiger partial charge in [-0.05, 0) is 38.3 Å². The molecule has 0 spiro atoms. The number of aliphatic imine (C=N–C) groups is 1. The number of amides is 1. The fourth-order valence-corrected chi connectivity index (χ4v) is 4.28. The summed E-state index contributed by atoms with van der Waals surface area (Å²) in [5, 5.41) is 6.78. The molecule has 2 aliphatic rings. The highest BCUT2D eigenvalue weighted by Gasteiger charge is 2.32. The molecule has 4 rings (SSSR count). The average Bonchev–Trinajstić information content (AvgIpc) is 3.54. The Labute approximate surface area is 201 Å². The Morgan fingerprint density at radius 2 is 2.00 bits per heavy atom. The van der Waals surface area contributed by atoms with Crippen LogP contribution in [0.3, 0.4) is 0 Å². The first-order valence-electron chi connectivity index (χ1n) is 11.1. The van der Waals surface area contributed by atoms with Crippen LogP contribution in [0.15, 0.2) is 46.0 Å². The van der Waals surface area contributed by atoms with Crippen LogP contribution in [0.4, 0.5) is 0 Å². The van der Waals surface area contributed by atoms with Gasteiger partial charge in [-0.3, -0.25) is 4.79 Å². The summed E-state index contributed by atoms with van der Waals surface area (Å²) in [6.45, 7) is 4.84. The van der Waals surface area contributed by atoms with Crippen molar-refractivity contribution in [2.75, 3.05) is 19.6 Å². The van der Waals surface area contributed by atoms with Gasteiger partial charge in [-0.15, -0.1) is 24.0 Å². The largest absolute Gasteiger partial charge is 0.444 e. The summed E-state index contributed by atoms with van der Waals surface area (Å²) in [5.41, 5.74) is 1.74. The number of hydrogen-bond acceptors (Lipinski definition) is 4. The Balaban J connectivity index is 0.00000272. The molecule has 0 radical (unpaired) electrons. The second kappa shape index (κ2) is 11.5. The minimum Gasteiger partial charge on any atom is -0.444 e. The molecule has 1 saturated carbocycles. The van der Waals surface area contributed by atoms with Crippen LogP contribution in [0.5, 0.6) is 0 Å². The molecule has 1 unspecified atom stereocenters. The van der Waals surface area contributed by atoms with E-state index in [1.165, 1.54) is 12.8 Å². The van der Waals surface area contributed by atoms with E-state index in [2.05, 4.69) is 20.6 Å². The van der Waals surface area contributed by atoms with Gasteiger partial charge in [0.05, 0.1) is 6.54 Å². The van der Waals surface area contributed by atoms with Crippen LogP contribution in [0.25, 0.3) is 11.5 Å². The monoisotopic (exact) mass is 537 g/mol. The van der Waals surface area contributed by atoms with Crippen molar-refractivity contribution in [2.45, 2.75) is 51.6 Å². The van der Waals surface area contributed by atoms with E-state index in [-0.39, 0.29) is 35.9 Å². The lowest BCUT2D eigenvalue weighted by molar-refractivity contribution is -0.134. The van der Waals surface area contributed by atoms with Gasteiger partial charge in [-0.25, -0.2) is 9.98 Å². The number of aromatic nitrogens is 1. The number of guanidine groups is 1. The molecule has 2 fully saturated rings. The maximum absolute atomic E-state index is 12.7. The Kier molecular flexibility index (Phi) is 8.74. The van der Waals surface area contributed by atoms with Crippen molar-refractivity contribution < 1.29 is 9.21 Å². The van der Waals surface area contributed by atoms with Gasteiger partial charge < -0.3 is 20.0 Å². The van der Waals surface area contributed by atoms with E-state index in [1.54, 1.807) is 6.26 Å². The standard InChI is InChI=1S/C23H31N5O2.HI/c1-2-24-23(25-14-20-16-30-21(26-20)17-8-4-3-5-9-17)27-19-12-13-28(15-19)22(29)18-10-6-7-11-18;/h3-5,8-9,16,18-19H,2,6-7,10-15H2,1H3,(H2,24,25,27);1H. The molecular formula is C23H32IN5O2. The number of halogens is 1. The van der Waals surface area contributed by atoms with Gasteiger partial charge >= 0.3 is 0 Å². The predicted molar refractivity (Wildman–Crippen MR) is 132 cm³/mol. The predicted octanol–water partition coefficient (Wildman–Crippen LogP) is 3.81. The molecule has 2 N–H and O–H groups in total. The number of nitrogens with zero attached hydrogens (tertiary/aromatic N) is 3. The fourth-order valence-electron chi connectivity index (χ4n) is 4.28.